The maximum Gasteiger partial charge on any atom is 0.311 e. The van der Waals surface area contributed by atoms with Crippen LogP contribution in [0.15, 0.2) is 0 Å². The van der Waals surface area contributed by atoms with Crippen molar-refractivity contribution in [2.75, 3.05) is 20.3 Å². The summed E-state index contributed by atoms with van der Waals surface area (Å²) in [6, 6.07) is 0.286. The fraction of sp³-hybridized carbons (Fsp3) is 0.909. The third-order valence-electron chi connectivity index (χ3n) is 2.92. The number of carbonyl (C=O) groups is 1. The van der Waals surface area contributed by atoms with E-state index in [0.29, 0.717) is 6.61 Å². The number of hydrogen-bond acceptors (Lipinski definition) is 4. The molecule has 0 radical (unpaired) electrons. The molecule has 88 valence electrons. The van der Waals surface area contributed by atoms with E-state index in [2.05, 4.69) is 5.32 Å². The molecule has 1 saturated heterocycles. The van der Waals surface area contributed by atoms with Gasteiger partial charge in [-0.05, 0) is 33.2 Å². The lowest BCUT2D eigenvalue weighted by Gasteiger charge is -2.26. The Labute approximate surface area is 91.3 Å². The Balaban J connectivity index is 2.52. The second-order valence-corrected chi connectivity index (χ2v) is 3.94. The van der Waals surface area contributed by atoms with Crippen LogP contribution in [0.25, 0.3) is 0 Å². The molecule has 1 aliphatic heterocycles. The van der Waals surface area contributed by atoms with Crippen LogP contribution in [0.1, 0.15) is 26.7 Å². The highest BCUT2D eigenvalue weighted by Gasteiger charge is 2.33. The molecule has 4 nitrogen and oxygen atoms in total. The average molecular weight is 215 g/mol. The molecular weight excluding hydrogens is 194 g/mol. The Morgan fingerprint density at radius 2 is 2.33 bits per heavy atom. The highest BCUT2D eigenvalue weighted by atomic mass is 16.5. The van der Waals surface area contributed by atoms with E-state index in [9.17, 15) is 4.79 Å². The molecule has 3 unspecified atom stereocenters. The largest absolute Gasteiger partial charge is 0.466 e. The van der Waals surface area contributed by atoms with Crippen LogP contribution in [0.2, 0.25) is 0 Å². The quantitative estimate of drug-likeness (QED) is 0.694. The Kier molecular flexibility index (Phi) is 5.05. The van der Waals surface area contributed by atoms with Crippen LogP contribution in [-0.2, 0) is 14.3 Å². The molecule has 15 heavy (non-hydrogen) atoms. The number of methoxy groups -OCH3 is 1. The molecular formula is C11H21NO3. The van der Waals surface area contributed by atoms with Crippen molar-refractivity contribution in [3.8, 4) is 0 Å². The number of hydrogen-bond donors (Lipinski definition) is 1. The van der Waals surface area contributed by atoms with Crippen LogP contribution in [0, 0.1) is 5.92 Å². The molecule has 1 aliphatic rings. The van der Waals surface area contributed by atoms with Gasteiger partial charge in [0.2, 0.25) is 0 Å². The Bertz CT molecular complexity index is 202. The predicted octanol–water partition coefficient (Wildman–Crippen LogP) is 0.953. The number of ether oxygens (including phenoxy) is 2. The Hall–Kier alpha value is -0.610. The van der Waals surface area contributed by atoms with E-state index in [1.165, 1.54) is 0 Å². The minimum absolute atomic E-state index is 0.0773. The molecule has 0 aromatic carbocycles. The lowest BCUT2D eigenvalue weighted by molar-refractivity contribution is -0.152. The summed E-state index contributed by atoms with van der Waals surface area (Å²) in [6.45, 7) is 5.13. The van der Waals surface area contributed by atoms with E-state index < -0.39 is 0 Å². The van der Waals surface area contributed by atoms with Gasteiger partial charge in [0.25, 0.3) is 0 Å². The molecule has 0 saturated carbocycles. The fourth-order valence-corrected chi connectivity index (χ4v) is 2.12. The second kappa shape index (κ2) is 6.08. The zero-order valence-corrected chi connectivity index (χ0v) is 9.79. The summed E-state index contributed by atoms with van der Waals surface area (Å²) < 4.78 is 10.4. The number of rotatable bonds is 5. The maximum absolute atomic E-state index is 11.6. The summed E-state index contributed by atoms with van der Waals surface area (Å²) >= 11 is 0. The van der Waals surface area contributed by atoms with Gasteiger partial charge in [-0.25, -0.2) is 0 Å². The minimum Gasteiger partial charge on any atom is -0.466 e. The molecule has 3 atom stereocenters. The lowest BCUT2D eigenvalue weighted by atomic mass is 9.96. The predicted molar refractivity (Wildman–Crippen MR) is 57.6 cm³/mol. The standard InChI is InChI=1S/C11H21NO3/c1-4-15-11(13)8(2)10(14-3)9-6-5-7-12-9/h8-10,12H,4-7H2,1-3H3. The minimum atomic E-state index is -0.203. The smallest absolute Gasteiger partial charge is 0.311 e. The molecule has 0 aliphatic carbocycles. The van der Waals surface area contributed by atoms with Gasteiger partial charge >= 0.3 is 5.97 Å². The van der Waals surface area contributed by atoms with Gasteiger partial charge in [0.15, 0.2) is 0 Å². The summed E-state index contributed by atoms with van der Waals surface area (Å²) in [5.41, 5.74) is 0. The normalized spacial score (nSPS) is 24.9. The first-order valence-corrected chi connectivity index (χ1v) is 5.63. The zero-order valence-electron chi connectivity index (χ0n) is 9.79. The van der Waals surface area contributed by atoms with Crippen LogP contribution in [0.5, 0.6) is 0 Å². The second-order valence-electron chi connectivity index (χ2n) is 3.94. The van der Waals surface area contributed by atoms with Crippen molar-refractivity contribution in [1.29, 1.82) is 0 Å². The van der Waals surface area contributed by atoms with Gasteiger partial charge in [0, 0.05) is 13.2 Å². The van der Waals surface area contributed by atoms with E-state index in [4.69, 9.17) is 9.47 Å². The molecule has 0 spiro atoms. The number of esters is 1. The summed E-state index contributed by atoms with van der Waals surface area (Å²) in [6.07, 6.45) is 2.15. The molecule has 1 heterocycles. The van der Waals surface area contributed by atoms with Gasteiger partial charge in [-0.2, -0.15) is 0 Å². The monoisotopic (exact) mass is 215 g/mol. The van der Waals surface area contributed by atoms with Crippen LogP contribution < -0.4 is 5.32 Å². The summed E-state index contributed by atoms with van der Waals surface area (Å²) in [4.78, 5) is 11.6. The average Bonchev–Trinajstić information content (AvgIpc) is 2.72. The van der Waals surface area contributed by atoms with E-state index in [1.807, 2.05) is 13.8 Å². The number of carbonyl (C=O) groups excluding carboxylic acids is 1. The van der Waals surface area contributed by atoms with Gasteiger partial charge in [-0.15, -0.1) is 0 Å². The Morgan fingerprint density at radius 1 is 1.60 bits per heavy atom. The fourth-order valence-electron chi connectivity index (χ4n) is 2.12. The van der Waals surface area contributed by atoms with E-state index in [0.717, 1.165) is 19.4 Å². The molecule has 1 fully saturated rings. The summed E-state index contributed by atoms with van der Waals surface area (Å²) in [5, 5.41) is 3.35. The van der Waals surface area contributed by atoms with Gasteiger partial charge in [0.1, 0.15) is 0 Å². The van der Waals surface area contributed by atoms with Gasteiger partial charge < -0.3 is 14.8 Å². The first-order valence-electron chi connectivity index (χ1n) is 5.63. The van der Waals surface area contributed by atoms with Gasteiger partial charge in [-0.1, -0.05) is 0 Å². The van der Waals surface area contributed by atoms with Crippen molar-refractivity contribution < 1.29 is 14.3 Å². The topological polar surface area (TPSA) is 47.6 Å². The highest BCUT2D eigenvalue weighted by molar-refractivity contribution is 5.72. The van der Waals surface area contributed by atoms with Crippen molar-refractivity contribution >= 4 is 5.97 Å². The van der Waals surface area contributed by atoms with Crippen LogP contribution >= 0.6 is 0 Å². The molecule has 0 amide bonds. The molecule has 0 aromatic rings. The number of nitrogens with one attached hydrogen (secondary N) is 1. The van der Waals surface area contributed by atoms with Crippen molar-refractivity contribution in [3.05, 3.63) is 0 Å². The SMILES string of the molecule is CCOC(=O)C(C)C(OC)C1CCCN1. The molecule has 1 N–H and O–H groups in total. The van der Waals surface area contributed by atoms with Crippen molar-refractivity contribution in [2.24, 2.45) is 5.92 Å². The van der Waals surface area contributed by atoms with Crippen molar-refractivity contribution in [1.82, 2.24) is 5.32 Å². The van der Waals surface area contributed by atoms with Gasteiger partial charge in [-0.3, -0.25) is 4.79 Å². The van der Waals surface area contributed by atoms with Crippen LogP contribution in [0.3, 0.4) is 0 Å². The van der Waals surface area contributed by atoms with E-state index >= 15 is 0 Å². The Morgan fingerprint density at radius 3 is 2.80 bits per heavy atom. The third-order valence-corrected chi connectivity index (χ3v) is 2.92. The summed E-state index contributed by atoms with van der Waals surface area (Å²) in [7, 11) is 1.65. The first kappa shape index (κ1) is 12.5. The molecule has 1 rings (SSSR count). The van der Waals surface area contributed by atoms with Crippen molar-refractivity contribution in [3.63, 3.8) is 0 Å². The van der Waals surface area contributed by atoms with Gasteiger partial charge in [0.05, 0.1) is 18.6 Å². The molecule has 0 aromatic heterocycles. The van der Waals surface area contributed by atoms with Crippen LogP contribution in [0.4, 0.5) is 0 Å². The summed E-state index contributed by atoms with van der Waals surface area (Å²) in [5.74, 6) is -0.372. The first-order chi connectivity index (χ1) is 7.20. The van der Waals surface area contributed by atoms with E-state index in [-0.39, 0.29) is 24.0 Å². The maximum atomic E-state index is 11.6. The van der Waals surface area contributed by atoms with E-state index in [1.54, 1.807) is 7.11 Å². The lowest BCUT2D eigenvalue weighted by Crippen LogP contribution is -2.43. The van der Waals surface area contributed by atoms with Crippen LogP contribution in [-0.4, -0.2) is 38.4 Å². The zero-order chi connectivity index (χ0) is 11.3. The third kappa shape index (κ3) is 3.18. The molecule has 0 bridgehead atoms. The molecule has 4 heteroatoms. The van der Waals surface area contributed by atoms with Crippen molar-refractivity contribution in [2.45, 2.75) is 38.8 Å². The highest BCUT2D eigenvalue weighted by Crippen LogP contribution is 2.19.